The second-order valence-electron chi connectivity index (χ2n) is 9.96. The highest BCUT2D eigenvalue weighted by Crippen LogP contribution is 2.35. The summed E-state index contributed by atoms with van der Waals surface area (Å²) >= 11 is 0. The van der Waals surface area contributed by atoms with Crippen molar-refractivity contribution in [1.82, 2.24) is 0 Å². The number of ether oxygens (including phenoxy) is 2. The van der Waals surface area contributed by atoms with Crippen molar-refractivity contribution in [1.29, 1.82) is 0 Å². The average molecular weight is 505 g/mol. The van der Waals surface area contributed by atoms with Gasteiger partial charge in [-0.1, -0.05) is 45.8 Å². The first-order valence-electron chi connectivity index (χ1n) is 13.5. The molecule has 0 aromatic heterocycles. The topological polar surface area (TPSA) is 111 Å². The fourth-order valence-electron chi connectivity index (χ4n) is 4.54. The molecule has 36 heavy (non-hydrogen) atoms. The highest BCUT2D eigenvalue weighted by atomic mass is 16.5. The first-order valence-corrected chi connectivity index (χ1v) is 13.5. The predicted octanol–water partition coefficient (Wildman–Crippen LogP) is 5.28. The maximum atomic E-state index is 11.7. The molecular formula is C29H48N2O5. The van der Waals surface area contributed by atoms with Crippen molar-refractivity contribution in [2.24, 2.45) is 28.5 Å². The number of unbranched alkanes of at least 4 members (excludes halogenated alkanes) is 2. The van der Waals surface area contributed by atoms with Crippen molar-refractivity contribution >= 4 is 18.2 Å². The number of nitrogens with zero attached hydrogens (tertiary/aromatic N) is 1. The fourth-order valence-corrected chi connectivity index (χ4v) is 4.54. The Labute approximate surface area is 217 Å². The van der Waals surface area contributed by atoms with Crippen LogP contribution in [0, 0.1) is 17.8 Å². The molecule has 0 spiro atoms. The zero-order valence-corrected chi connectivity index (χ0v) is 22.5. The first kappa shape index (κ1) is 31.6. The van der Waals surface area contributed by atoms with Gasteiger partial charge < -0.3 is 20.3 Å². The molecule has 1 aliphatic carbocycles. The summed E-state index contributed by atoms with van der Waals surface area (Å²) in [6, 6.07) is 0. The zero-order chi connectivity index (χ0) is 26.8. The molecular weight excluding hydrogens is 456 g/mol. The smallest absolute Gasteiger partial charge is 0.335 e. The van der Waals surface area contributed by atoms with Crippen LogP contribution < -0.4 is 5.73 Å². The van der Waals surface area contributed by atoms with Crippen molar-refractivity contribution in [3.63, 3.8) is 0 Å². The number of carbonyl (C=O) groups excluding carboxylic acids is 2. The van der Waals surface area contributed by atoms with Crippen LogP contribution in [0.1, 0.15) is 84.5 Å². The number of carbonyl (C=O) groups is 2. The number of aliphatic imine (C=N–C) groups is 1. The summed E-state index contributed by atoms with van der Waals surface area (Å²) in [5.74, 6) is 0.486. The minimum absolute atomic E-state index is 0.0302. The molecule has 1 aliphatic rings. The van der Waals surface area contributed by atoms with Gasteiger partial charge in [0.15, 0.2) is 0 Å². The van der Waals surface area contributed by atoms with Crippen LogP contribution in [0.5, 0.6) is 0 Å². The Morgan fingerprint density at radius 2 is 1.69 bits per heavy atom. The van der Waals surface area contributed by atoms with Crippen LogP contribution in [-0.4, -0.2) is 49.6 Å². The number of aliphatic hydroxyl groups is 1. The first-order chi connectivity index (χ1) is 17.3. The maximum Gasteiger partial charge on any atom is 0.335 e. The molecule has 1 fully saturated rings. The number of rotatable bonds is 18. The number of hydrogen-bond acceptors (Lipinski definition) is 7. The van der Waals surface area contributed by atoms with E-state index in [-0.39, 0.29) is 24.7 Å². The highest BCUT2D eigenvalue weighted by Gasteiger charge is 2.23. The third-order valence-corrected chi connectivity index (χ3v) is 6.98. The van der Waals surface area contributed by atoms with Gasteiger partial charge in [-0.05, 0) is 81.4 Å². The van der Waals surface area contributed by atoms with Gasteiger partial charge in [0.1, 0.15) is 0 Å². The maximum absolute atomic E-state index is 11.7. The lowest BCUT2D eigenvalue weighted by Gasteiger charge is -2.29. The van der Waals surface area contributed by atoms with Crippen LogP contribution in [0.15, 0.2) is 41.1 Å². The number of allylic oxidation sites excluding steroid dienone is 1. The zero-order valence-electron chi connectivity index (χ0n) is 22.5. The van der Waals surface area contributed by atoms with Crippen LogP contribution >= 0.6 is 0 Å². The summed E-state index contributed by atoms with van der Waals surface area (Å²) in [6.45, 7) is 11.6. The van der Waals surface area contributed by atoms with E-state index in [4.69, 9.17) is 20.3 Å². The quantitative estimate of drug-likeness (QED) is 0.114. The monoisotopic (exact) mass is 504 g/mol. The summed E-state index contributed by atoms with van der Waals surface area (Å²) < 4.78 is 10.4. The lowest BCUT2D eigenvalue weighted by molar-refractivity contribution is -0.139. The van der Waals surface area contributed by atoms with Crippen molar-refractivity contribution in [2.45, 2.75) is 84.5 Å². The Kier molecular flexibility index (Phi) is 16.5. The molecule has 1 saturated carbocycles. The van der Waals surface area contributed by atoms with Gasteiger partial charge in [-0.15, -0.1) is 0 Å². The van der Waals surface area contributed by atoms with Crippen molar-refractivity contribution in [2.75, 3.05) is 26.4 Å². The van der Waals surface area contributed by atoms with E-state index in [0.29, 0.717) is 30.9 Å². The molecule has 0 saturated heterocycles. The van der Waals surface area contributed by atoms with E-state index in [2.05, 4.69) is 25.1 Å². The van der Waals surface area contributed by atoms with Crippen LogP contribution in [0.4, 0.5) is 0 Å². The van der Waals surface area contributed by atoms with Crippen LogP contribution in [0.3, 0.4) is 0 Å². The number of nitrogens with two attached hydrogens (primary N) is 1. The lowest BCUT2D eigenvalue weighted by atomic mass is 9.77. The molecule has 0 bridgehead atoms. The third kappa shape index (κ3) is 13.1. The van der Waals surface area contributed by atoms with Gasteiger partial charge in [-0.3, -0.25) is 4.99 Å². The molecule has 1 rings (SSSR count). The summed E-state index contributed by atoms with van der Waals surface area (Å²) in [6.07, 6.45) is 15.8. The third-order valence-electron chi connectivity index (χ3n) is 6.98. The summed E-state index contributed by atoms with van der Waals surface area (Å²) in [5, 5.41) is 9.00. The van der Waals surface area contributed by atoms with Gasteiger partial charge in [0, 0.05) is 18.3 Å². The van der Waals surface area contributed by atoms with E-state index in [0.717, 1.165) is 17.9 Å². The van der Waals surface area contributed by atoms with Crippen molar-refractivity contribution in [3.8, 4) is 0 Å². The van der Waals surface area contributed by atoms with Gasteiger partial charge in [-0.25, -0.2) is 9.59 Å². The molecule has 0 aromatic rings. The minimum atomic E-state index is -0.596. The van der Waals surface area contributed by atoms with Crippen molar-refractivity contribution < 1.29 is 24.2 Å². The second kappa shape index (κ2) is 18.8. The van der Waals surface area contributed by atoms with Crippen LogP contribution in [-0.2, 0) is 19.1 Å². The normalized spacial score (nSPS) is 19.1. The Morgan fingerprint density at radius 3 is 2.25 bits per heavy atom. The van der Waals surface area contributed by atoms with Gasteiger partial charge >= 0.3 is 11.9 Å². The minimum Gasteiger partial charge on any atom is -0.462 e. The van der Waals surface area contributed by atoms with E-state index in [1.54, 1.807) is 13.1 Å². The fraction of sp³-hybridized carbons (Fsp3) is 0.690. The Hall–Kier alpha value is -2.41. The SMILES string of the molecule is C=C(C)C(=O)OCCC(CC/N=C\C(=C/N)C1CCC(CCCCC)CC1)CCOC(=O)C(=C)CO. The van der Waals surface area contributed by atoms with Crippen molar-refractivity contribution in [3.05, 3.63) is 36.1 Å². The number of hydrogen-bond donors (Lipinski definition) is 2. The van der Waals surface area contributed by atoms with E-state index in [1.807, 2.05) is 6.21 Å². The number of aliphatic hydroxyl groups excluding tert-OH is 1. The average Bonchev–Trinajstić information content (AvgIpc) is 2.88. The molecule has 3 N–H and O–H groups in total. The summed E-state index contributed by atoms with van der Waals surface area (Å²) in [5.41, 5.74) is 7.46. The molecule has 0 amide bonds. The molecule has 0 radical (unpaired) electrons. The molecule has 0 heterocycles. The second-order valence-corrected chi connectivity index (χ2v) is 9.96. The molecule has 1 atom stereocenters. The molecule has 0 aliphatic heterocycles. The van der Waals surface area contributed by atoms with Gasteiger partial charge in [-0.2, -0.15) is 0 Å². The van der Waals surface area contributed by atoms with E-state index in [9.17, 15) is 9.59 Å². The molecule has 7 nitrogen and oxygen atoms in total. The Bertz CT molecular complexity index is 751. The van der Waals surface area contributed by atoms with Gasteiger partial charge in [0.05, 0.1) is 25.4 Å². The molecule has 204 valence electrons. The molecule has 0 aromatic carbocycles. The number of esters is 2. The highest BCUT2D eigenvalue weighted by molar-refractivity contribution is 5.88. The van der Waals surface area contributed by atoms with Gasteiger partial charge in [0.2, 0.25) is 0 Å². The van der Waals surface area contributed by atoms with E-state index < -0.39 is 18.5 Å². The summed E-state index contributed by atoms with van der Waals surface area (Å²) in [7, 11) is 0. The van der Waals surface area contributed by atoms with Crippen LogP contribution in [0.25, 0.3) is 0 Å². The van der Waals surface area contributed by atoms with Crippen LogP contribution in [0.2, 0.25) is 0 Å². The Balaban J connectivity index is 2.52. The molecule has 7 heteroatoms. The van der Waals surface area contributed by atoms with E-state index >= 15 is 0 Å². The standard InChI is InChI=1S/C29H48N2O5/c1-5-6-7-8-24-9-11-26(12-10-24)27(19-30)20-31-16-13-25(14-17-35-28(33)22(2)3)15-18-36-29(34)23(4)21-32/h19-20,24-26,32H,2,4-18,21,30H2,1,3H3/b27-19+,31-20-. The van der Waals surface area contributed by atoms with Gasteiger partial charge in [0.25, 0.3) is 0 Å². The summed E-state index contributed by atoms with van der Waals surface area (Å²) in [4.78, 5) is 28.1. The Morgan fingerprint density at radius 1 is 1.06 bits per heavy atom. The lowest BCUT2D eigenvalue weighted by Crippen LogP contribution is -2.18. The molecule has 1 unspecified atom stereocenters. The largest absolute Gasteiger partial charge is 0.462 e. The van der Waals surface area contributed by atoms with E-state index in [1.165, 1.54) is 51.4 Å². The predicted molar refractivity (Wildman–Crippen MR) is 146 cm³/mol.